The first-order valence-electron chi connectivity index (χ1n) is 15.6. The lowest BCUT2D eigenvalue weighted by Crippen LogP contribution is -2.55. The summed E-state index contributed by atoms with van der Waals surface area (Å²) in [6, 6.07) is 8.09. The van der Waals surface area contributed by atoms with E-state index >= 15 is 0 Å². The minimum absolute atomic E-state index is 0.0311. The minimum atomic E-state index is -1.17. The molecule has 0 saturated carbocycles. The molecule has 0 radical (unpaired) electrons. The van der Waals surface area contributed by atoms with Crippen LogP contribution in [0.4, 0.5) is 9.59 Å². The van der Waals surface area contributed by atoms with Gasteiger partial charge in [-0.15, -0.1) is 0 Å². The summed E-state index contributed by atoms with van der Waals surface area (Å²) >= 11 is 0. The number of benzene rings is 1. The van der Waals surface area contributed by atoms with E-state index in [-0.39, 0.29) is 37.7 Å². The summed E-state index contributed by atoms with van der Waals surface area (Å²) in [5.41, 5.74) is 0.174. The van der Waals surface area contributed by atoms with Gasteiger partial charge in [0, 0.05) is 38.6 Å². The maximum atomic E-state index is 13.1. The fraction of sp³-hybridized carbons (Fsp3) is 0.656. The van der Waals surface area contributed by atoms with Crippen molar-refractivity contribution in [3.05, 3.63) is 35.9 Å². The first kappa shape index (κ1) is 34.7. The highest BCUT2D eigenvalue weighted by molar-refractivity contribution is 5.90. The third kappa shape index (κ3) is 12.0. The van der Waals surface area contributed by atoms with Crippen molar-refractivity contribution in [2.24, 2.45) is 5.92 Å². The quantitative estimate of drug-likeness (QED) is 0.283. The van der Waals surface area contributed by atoms with Gasteiger partial charge in [-0.1, -0.05) is 30.3 Å². The summed E-state index contributed by atoms with van der Waals surface area (Å²) in [5, 5.41) is 5.38. The summed E-state index contributed by atoms with van der Waals surface area (Å²) < 4.78 is 15.7. The van der Waals surface area contributed by atoms with Gasteiger partial charge in [-0.05, 0) is 71.3 Å². The number of alkyl carbamates (subject to hydrolysis) is 1. The van der Waals surface area contributed by atoms with Crippen molar-refractivity contribution < 1.29 is 38.2 Å². The van der Waals surface area contributed by atoms with Crippen molar-refractivity contribution >= 4 is 30.0 Å². The molecule has 44 heavy (non-hydrogen) atoms. The molecule has 0 aliphatic carbocycles. The van der Waals surface area contributed by atoms with Crippen molar-refractivity contribution in [3.8, 4) is 0 Å². The topological polar surface area (TPSA) is 144 Å². The van der Waals surface area contributed by atoms with Crippen LogP contribution in [0, 0.1) is 5.92 Å². The van der Waals surface area contributed by atoms with Crippen LogP contribution in [0.2, 0.25) is 0 Å². The van der Waals surface area contributed by atoms with Crippen LogP contribution >= 0.6 is 0 Å². The van der Waals surface area contributed by atoms with Gasteiger partial charge in [-0.3, -0.25) is 14.4 Å². The number of piperidine rings is 2. The molecular formula is C32H48N4O8. The maximum absolute atomic E-state index is 13.1. The minimum Gasteiger partial charge on any atom is -0.466 e. The normalized spacial score (nSPS) is 18.1. The predicted molar refractivity (Wildman–Crippen MR) is 162 cm³/mol. The van der Waals surface area contributed by atoms with Crippen molar-refractivity contribution in [3.63, 3.8) is 0 Å². The highest BCUT2D eigenvalue weighted by Crippen LogP contribution is 2.24. The number of hydrogen-bond acceptors (Lipinski definition) is 8. The zero-order valence-electron chi connectivity index (χ0n) is 26.5. The number of rotatable bonds is 11. The van der Waals surface area contributed by atoms with E-state index in [0.29, 0.717) is 44.9 Å². The highest BCUT2D eigenvalue weighted by Gasteiger charge is 2.31. The standard InChI is InChI=1S/C32H48N4O8/c1-5-42-28(38)20-26(34-30(40)44-32(2,3)4)29(39)33-25-12-9-17-36(21-25)27(37)14-13-23-15-18-35(19-16-23)31(41)43-22-24-10-7-6-8-11-24/h6-8,10-11,23,25-26H,5,9,12-22H2,1-4H3,(H,33,39)(H,34,40)/t25?,26-/m1/s1. The molecule has 4 amide bonds. The number of carbonyl (C=O) groups excluding carboxylic acids is 5. The Kier molecular flexibility index (Phi) is 13.3. The van der Waals surface area contributed by atoms with Crippen LogP contribution in [0.3, 0.4) is 0 Å². The lowest BCUT2D eigenvalue weighted by molar-refractivity contribution is -0.145. The molecule has 1 aromatic carbocycles. The molecule has 0 spiro atoms. The number of carbonyl (C=O) groups is 5. The Morgan fingerprint density at radius 3 is 2.32 bits per heavy atom. The van der Waals surface area contributed by atoms with Gasteiger partial charge in [0.15, 0.2) is 0 Å². The van der Waals surface area contributed by atoms with E-state index in [0.717, 1.165) is 31.2 Å². The number of nitrogens with zero attached hydrogens (tertiary/aromatic N) is 2. The Balaban J connectivity index is 1.42. The van der Waals surface area contributed by atoms with Gasteiger partial charge in [-0.25, -0.2) is 9.59 Å². The molecule has 244 valence electrons. The number of hydrogen-bond donors (Lipinski definition) is 2. The second-order valence-corrected chi connectivity index (χ2v) is 12.4. The lowest BCUT2D eigenvalue weighted by atomic mass is 9.92. The molecule has 0 aromatic heterocycles. The molecule has 2 fully saturated rings. The number of amides is 4. The van der Waals surface area contributed by atoms with Crippen LogP contribution in [0.15, 0.2) is 30.3 Å². The molecule has 2 aliphatic heterocycles. The number of nitrogens with one attached hydrogen (secondary N) is 2. The van der Waals surface area contributed by atoms with Gasteiger partial charge < -0.3 is 34.6 Å². The van der Waals surface area contributed by atoms with Crippen molar-refractivity contribution in [2.75, 3.05) is 32.8 Å². The van der Waals surface area contributed by atoms with Gasteiger partial charge >= 0.3 is 18.2 Å². The summed E-state index contributed by atoms with van der Waals surface area (Å²) in [5.74, 6) is -0.764. The fourth-order valence-electron chi connectivity index (χ4n) is 5.37. The third-order valence-electron chi connectivity index (χ3n) is 7.65. The van der Waals surface area contributed by atoms with Crippen LogP contribution in [0.25, 0.3) is 0 Å². The summed E-state index contributed by atoms with van der Waals surface area (Å²) in [4.78, 5) is 66.6. The molecule has 2 heterocycles. The second-order valence-electron chi connectivity index (χ2n) is 12.4. The highest BCUT2D eigenvalue weighted by atomic mass is 16.6. The molecular weight excluding hydrogens is 568 g/mol. The number of esters is 1. The Labute approximate surface area is 260 Å². The van der Waals surface area contributed by atoms with Gasteiger partial charge in [0.1, 0.15) is 18.2 Å². The van der Waals surface area contributed by atoms with Crippen molar-refractivity contribution in [1.82, 2.24) is 20.4 Å². The van der Waals surface area contributed by atoms with E-state index in [9.17, 15) is 24.0 Å². The molecule has 2 aliphatic rings. The smallest absolute Gasteiger partial charge is 0.410 e. The Hall–Kier alpha value is -3.83. The summed E-state index contributed by atoms with van der Waals surface area (Å²) in [6.45, 7) is 9.35. The van der Waals surface area contributed by atoms with Crippen LogP contribution in [-0.2, 0) is 35.2 Å². The Bertz CT molecular complexity index is 1120. The summed E-state index contributed by atoms with van der Waals surface area (Å²) in [7, 11) is 0. The molecule has 3 rings (SSSR count). The molecule has 12 nitrogen and oxygen atoms in total. The zero-order valence-corrected chi connectivity index (χ0v) is 26.5. The molecule has 2 atom stereocenters. The van der Waals surface area contributed by atoms with Crippen molar-refractivity contribution in [2.45, 2.75) is 96.9 Å². The van der Waals surface area contributed by atoms with Crippen LogP contribution in [0.1, 0.15) is 78.2 Å². The lowest BCUT2D eigenvalue weighted by Gasteiger charge is -2.35. The molecule has 1 aromatic rings. The second kappa shape index (κ2) is 16.9. The molecule has 1 unspecified atom stereocenters. The Morgan fingerprint density at radius 2 is 1.66 bits per heavy atom. The predicted octanol–water partition coefficient (Wildman–Crippen LogP) is 3.77. The van der Waals surface area contributed by atoms with E-state index in [1.807, 2.05) is 30.3 Å². The van der Waals surface area contributed by atoms with E-state index in [1.165, 1.54) is 0 Å². The molecule has 0 bridgehead atoms. The Morgan fingerprint density at radius 1 is 0.955 bits per heavy atom. The molecule has 2 saturated heterocycles. The molecule has 12 heteroatoms. The zero-order chi connectivity index (χ0) is 32.1. The van der Waals surface area contributed by atoms with Gasteiger partial charge in [0.2, 0.25) is 11.8 Å². The van der Waals surface area contributed by atoms with Gasteiger partial charge in [0.05, 0.1) is 13.0 Å². The van der Waals surface area contributed by atoms with Crippen LogP contribution in [0.5, 0.6) is 0 Å². The van der Waals surface area contributed by atoms with E-state index < -0.39 is 29.6 Å². The maximum Gasteiger partial charge on any atom is 0.410 e. The number of likely N-dealkylation sites (tertiary alicyclic amines) is 2. The fourth-order valence-corrected chi connectivity index (χ4v) is 5.37. The number of ether oxygens (including phenoxy) is 3. The van der Waals surface area contributed by atoms with E-state index in [4.69, 9.17) is 14.2 Å². The van der Waals surface area contributed by atoms with Crippen molar-refractivity contribution in [1.29, 1.82) is 0 Å². The van der Waals surface area contributed by atoms with E-state index in [1.54, 1.807) is 37.5 Å². The van der Waals surface area contributed by atoms with Crippen LogP contribution < -0.4 is 10.6 Å². The van der Waals surface area contributed by atoms with Gasteiger partial charge in [-0.2, -0.15) is 0 Å². The third-order valence-corrected chi connectivity index (χ3v) is 7.65. The monoisotopic (exact) mass is 616 g/mol. The first-order valence-corrected chi connectivity index (χ1v) is 15.6. The first-order chi connectivity index (χ1) is 20.9. The molecule has 2 N–H and O–H groups in total. The summed E-state index contributed by atoms with van der Waals surface area (Å²) in [6.07, 6.45) is 2.72. The average molecular weight is 617 g/mol. The largest absolute Gasteiger partial charge is 0.466 e. The SMILES string of the molecule is CCOC(=O)C[C@@H](NC(=O)OC(C)(C)C)C(=O)NC1CCCN(C(=O)CCC2CCN(C(=O)OCc3ccccc3)CC2)C1. The van der Waals surface area contributed by atoms with E-state index in [2.05, 4.69) is 10.6 Å². The van der Waals surface area contributed by atoms with Gasteiger partial charge in [0.25, 0.3) is 0 Å². The average Bonchev–Trinajstić information content (AvgIpc) is 2.98. The van der Waals surface area contributed by atoms with Crippen LogP contribution in [-0.4, -0.2) is 90.2 Å².